The van der Waals surface area contributed by atoms with Gasteiger partial charge in [-0.1, -0.05) is 15.9 Å². The largest absolute Gasteiger partial charge is 0.486 e. The number of rotatable bonds is 4. The first-order chi connectivity index (χ1) is 7.78. The number of aromatic nitrogens is 1. The van der Waals surface area contributed by atoms with Crippen molar-refractivity contribution in [1.82, 2.24) is 4.98 Å². The Morgan fingerprint density at radius 2 is 2.25 bits per heavy atom. The molecule has 0 N–H and O–H groups in total. The van der Waals surface area contributed by atoms with Gasteiger partial charge in [0.2, 0.25) is 0 Å². The third-order valence-electron chi connectivity index (χ3n) is 1.94. The molecule has 2 nitrogen and oxygen atoms in total. The van der Waals surface area contributed by atoms with Crippen LogP contribution in [0, 0.1) is 0 Å². The van der Waals surface area contributed by atoms with Crippen LogP contribution in [0.1, 0.15) is 10.6 Å². The Kier molecular flexibility index (Phi) is 4.37. The smallest absolute Gasteiger partial charge is 0.138 e. The Morgan fingerprint density at radius 1 is 1.38 bits per heavy atom. The molecule has 0 aromatic carbocycles. The molecule has 84 valence electrons. The van der Waals surface area contributed by atoms with Crippen LogP contribution >= 0.6 is 43.2 Å². The number of alkyl halides is 1. The first kappa shape index (κ1) is 12.1. The van der Waals surface area contributed by atoms with E-state index in [1.165, 1.54) is 4.88 Å². The van der Waals surface area contributed by atoms with Crippen molar-refractivity contribution in [2.24, 2.45) is 0 Å². The zero-order valence-corrected chi connectivity index (χ0v) is 12.3. The van der Waals surface area contributed by atoms with E-state index < -0.39 is 0 Å². The van der Waals surface area contributed by atoms with Gasteiger partial charge in [-0.2, -0.15) is 0 Å². The van der Waals surface area contributed by atoms with E-state index in [9.17, 15) is 0 Å². The second kappa shape index (κ2) is 5.80. The third kappa shape index (κ3) is 3.30. The maximum Gasteiger partial charge on any atom is 0.138 e. The average molecular weight is 363 g/mol. The quantitative estimate of drug-likeness (QED) is 0.753. The Hall–Kier alpha value is -0.390. The van der Waals surface area contributed by atoms with Gasteiger partial charge < -0.3 is 4.74 Å². The predicted molar refractivity (Wildman–Crippen MR) is 73.2 cm³/mol. The second-order valence-corrected chi connectivity index (χ2v) is 5.61. The van der Waals surface area contributed by atoms with Crippen LogP contribution in [0.5, 0.6) is 5.75 Å². The molecule has 2 aromatic rings. The lowest BCUT2D eigenvalue weighted by atomic mass is 10.4. The van der Waals surface area contributed by atoms with Gasteiger partial charge in [0, 0.05) is 20.1 Å². The summed E-state index contributed by atoms with van der Waals surface area (Å²) in [6.45, 7) is 0.589. The third-order valence-corrected chi connectivity index (χ3v) is 4.18. The van der Waals surface area contributed by atoms with Crippen molar-refractivity contribution >= 4 is 43.2 Å². The van der Waals surface area contributed by atoms with Crippen molar-refractivity contribution in [2.45, 2.75) is 11.9 Å². The van der Waals surface area contributed by atoms with E-state index >= 15 is 0 Å². The number of ether oxygens (including phenoxy) is 1. The maximum absolute atomic E-state index is 5.62. The number of halogens is 2. The SMILES string of the molecule is BrCc1ccc(OCc2cc(Br)cs2)cn1. The minimum absolute atomic E-state index is 0.589. The molecule has 0 radical (unpaired) electrons. The minimum Gasteiger partial charge on any atom is -0.486 e. The monoisotopic (exact) mass is 361 g/mol. The van der Waals surface area contributed by atoms with Crippen LogP contribution in [-0.4, -0.2) is 4.98 Å². The van der Waals surface area contributed by atoms with Crippen molar-refractivity contribution in [3.05, 3.63) is 44.8 Å². The van der Waals surface area contributed by atoms with Crippen molar-refractivity contribution in [3.8, 4) is 5.75 Å². The van der Waals surface area contributed by atoms with Gasteiger partial charge in [0.15, 0.2) is 0 Å². The number of hydrogen-bond donors (Lipinski definition) is 0. The number of thiophene rings is 1. The van der Waals surface area contributed by atoms with Gasteiger partial charge in [-0.25, -0.2) is 0 Å². The minimum atomic E-state index is 0.589. The molecule has 0 unspecified atom stereocenters. The van der Waals surface area contributed by atoms with Crippen LogP contribution in [0.25, 0.3) is 0 Å². The summed E-state index contributed by atoms with van der Waals surface area (Å²) in [5.74, 6) is 0.800. The molecule has 0 aliphatic carbocycles. The van der Waals surface area contributed by atoms with Gasteiger partial charge in [0.05, 0.1) is 11.9 Å². The molecule has 0 aliphatic heterocycles. The first-order valence-corrected chi connectivity index (χ1v) is 7.44. The zero-order valence-electron chi connectivity index (χ0n) is 8.32. The lowest BCUT2D eigenvalue weighted by Crippen LogP contribution is -1.94. The number of hydrogen-bond acceptors (Lipinski definition) is 3. The van der Waals surface area contributed by atoms with Gasteiger partial charge in [0.1, 0.15) is 12.4 Å². The highest BCUT2D eigenvalue weighted by Gasteiger charge is 2.00. The average Bonchev–Trinajstić information content (AvgIpc) is 2.73. The standard InChI is InChI=1S/C11H9Br2NOS/c12-4-9-1-2-10(5-14-9)15-6-11-3-8(13)7-16-11/h1-3,5,7H,4,6H2. The molecule has 0 fully saturated rings. The summed E-state index contributed by atoms with van der Waals surface area (Å²) in [6, 6.07) is 5.95. The molecule has 0 bridgehead atoms. The fraction of sp³-hybridized carbons (Fsp3) is 0.182. The van der Waals surface area contributed by atoms with E-state index in [1.54, 1.807) is 17.5 Å². The molecule has 16 heavy (non-hydrogen) atoms. The molecular weight excluding hydrogens is 354 g/mol. The van der Waals surface area contributed by atoms with Crippen LogP contribution in [0.3, 0.4) is 0 Å². The van der Waals surface area contributed by atoms with Gasteiger partial charge in [0.25, 0.3) is 0 Å². The number of pyridine rings is 1. The van der Waals surface area contributed by atoms with E-state index in [0.29, 0.717) is 6.61 Å². The fourth-order valence-electron chi connectivity index (χ4n) is 1.16. The molecule has 0 spiro atoms. The van der Waals surface area contributed by atoms with Gasteiger partial charge in [-0.3, -0.25) is 4.98 Å². The highest BCUT2D eigenvalue weighted by Crippen LogP contribution is 2.21. The lowest BCUT2D eigenvalue weighted by Gasteiger charge is -2.04. The Labute approximate surface area is 115 Å². The summed E-state index contributed by atoms with van der Waals surface area (Å²) in [5.41, 5.74) is 1.01. The normalized spacial score (nSPS) is 10.4. The molecular formula is C11H9Br2NOS. The van der Waals surface area contributed by atoms with Crippen molar-refractivity contribution in [2.75, 3.05) is 0 Å². The Balaban J connectivity index is 1.94. The molecule has 2 heterocycles. The Morgan fingerprint density at radius 3 is 2.81 bits per heavy atom. The van der Waals surface area contributed by atoms with E-state index in [0.717, 1.165) is 21.2 Å². The van der Waals surface area contributed by atoms with Gasteiger partial charge in [-0.05, 0) is 34.1 Å². The van der Waals surface area contributed by atoms with E-state index in [4.69, 9.17) is 4.74 Å². The van der Waals surface area contributed by atoms with Crippen LogP contribution < -0.4 is 4.74 Å². The molecule has 0 saturated carbocycles. The summed E-state index contributed by atoms with van der Waals surface area (Å²) in [5, 5.41) is 2.82. The summed E-state index contributed by atoms with van der Waals surface area (Å²) >= 11 is 8.44. The summed E-state index contributed by atoms with van der Waals surface area (Å²) in [4.78, 5) is 5.43. The topological polar surface area (TPSA) is 22.1 Å². The van der Waals surface area contributed by atoms with Crippen LogP contribution in [-0.2, 0) is 11.9 Å². The molecule has 5 heteroatoms. The van der Waals surface area contributed by atoms with Crippen molar-refractivity contribution in [1.29, 1.82) is 0 Å². The van der Waals surface area contributed by atoms with E-state index in [-0.39, 0.29) is 0 Å². The predicted octanol–water partition coefficient (Wildman–Crippen LogP) is 4.38. The zero-order chi connectivity index (χ0) is 11.4. The van der Waals surface area contributed by atoms with Gasteiger partial charge >= 0.3 is 0 Å². The second-order valence-electron chi connectivity index (χ2n) is 3.14. The molecule has 0 amide bonds. The van der Waals surface area contributed by atoms with Crippen LogP contribution in [0.15, 0.2) is 34.2 Å². The number of nitrogens with zero attached hydrogens (tertiary/aromatic N) is 1. The first-order valence-electron chi connectivity index (χ1n) is 4.64. The highest BCUT2D eigenvalue weighted by atomic mass is 79.9. The van der Waals surface area contributed by atoms with Crippen LogP contribution in [0.2, 0.25) is 0 Å². The van der Waals surface area contributed by atoms with E-state index in [1.807, 2.05) is 17.5 Å². The van der Waals surface area contributed by atoms with E-state index in [2.05, 4.69) is 42.9 Å². The van der Waals surface area contributed by atoms with Crippen molar-refractivity contribution in [3.63, 3.8) is 0 Å². The summed E-state index contributed by atoms with van der Waals surface area (Å²) in [6.07, 6.45) is 1.75. The summed E-state index contributed by atoms with van der Waals surface area (Å²) < 4.78 is 6.72. The summed E-state index contributed by atoms with van der Waals surface area (Å²) in [7, 11) is 0. The maximum atomic E-state index is 5.62. The molecule has 2 rings (SSSR count). The molecule has 0 aliphatic rings. The van der Waals surface area contributed by atoms with Gasteiger partial charge in [-0.15, -0.1) is 11.3 Å². The van der Waals surface area contributed by atoms with Crippen LogP contribution in [0.4, 0.5) is 0 Å². The fourth-order valence-corrected chi connectivity index (χ4v) is 2.85. The molecule has 0 saturated heterocycles. The highest BCUT2D eigenvalue weighted by molar-refractivity contribution is 9.10. The lowest BCUT2D eigenvalue weighted by molar-refractivity contribution is 0.308. The van der Waals surface area contributed by atoms with Crippen molar-refractivity contribution < 1.29 is 4.74 Å². The molecule has 2 aromatic heterocycles. The molecule has 0 atom stereocenters. The Bertz CT molecular complexity index is 455.